The Labute approximate surface area is 186 Å². The molecule has 0 aliphatic heterocycles. The van der Waals surface area contributed by atoms with E-state index in [4.69, 9.17) is 0 Å². The summed E-state index contributed by atoms with van der Waals surface area (Å²) >= 11 is 1.28. The van der Waals surface area contributed by atoms with Gasteiger partial charge >= 0.3 is 0 Å². The molecule has 1 N–H and O–H groups in total. The number of carbonyl (C=O) groups excluding carboxylic acids is 1. The van der Waals surface area contributed by atoms with Crippen molar-refractivity contribution in [3.8, 4) is 0 Å². The van der Waals surface area contributed by atoms with Crippen molar-refractivity contribution >= 4 is 28.6 Å². The zero-order valence-electron chi connectivity index (χ0n) is 18.3. The number of fused-ring (bicyclic) bond motifs is 1. The van der Waals surface area contributed by atoms with Crippen LogP contribution in [0.2, 0.25) is 0 Å². The fourth-order valence-electron chi connectivity index (χ4n) is 3.20. The molecule has 0 spiro atoms. The Morgan fingerprint density at radius 1 is 1.10 bits per heavy atom. The number of hydrogen-bond acceptors (Lipinski definition) is 4. The second kappa shape index (κ2) is 10.1. The molecule has 5 nitrogen and oxygen atoms in total. The first-order valence-electron chi connectivity index (χ1n) is 10.5. The maximum Gasteiger partial charge on any atom is 0.262 e. The minimum absolute atomic E-state index is 0.0824. The number of para-hydroxylation sites is 1. The lowest BCUT2D eigenvalue weighted by Crippen LogP contribution is -2.34. The van der Waals surface area contributed by atoms with Gasteiger partial charge in [-0.15, -0.1) is 0 Å². The molecule has 31 heavy (non-hydrogen) atoms. The summed E-state index contributed by atoms with van der Waals surface area (Å²) in [6.45, 7) is 8.43. The zero-order chi connectivity index (χ0) is 22.5. The number of aromatic nitrogens is 2. The van der Waals surface area contributed by atoms with Gasteiger partial charge in [0.1, 0.15) is 5.82 Å². The van der Waals surface area contributed by atoms with Crippen molar-refractivity contribution in [3.63, 3.8) is 0 Å². The van der Waals surface area contributed by atoms with E-state index in [0.29, 0.717) is 28.5 Å². The smallest absolute Gasteiger partial charge is 0.262 e. The molecular formula is C24H28FN3O2S. The first-order valence-corrected chi connectivity index (χ1v) is 11.4. The quantitative estimate of drug-likeness (QED) is 0.397. The number of hydrogen-bond donors (Lipinski definition) is 1. The highest BCUT2D eigenvalue weighted by molar-refractivity contribution is 8.00. The summed E-state index contributed by atoms with van der Waals surface area (Å²) in [6.07, 6.45) is 0.843. The fourth-order valence-corrected chi connectivity index (χ4v) is 4.14. The number of nitrogens with one attached hydrogen (secondary N) is 1. The van der Waals surface area contributed by atoms with Gasteiger partial charge in [-0.3, -0.25) is 14.2 Å². The molecule has 0 fully saturated rings. The van der Waals surface area contributed by atoms with E-state index in [2.05, 4.69) is 24.1 Å². The molecule has 3 rings (SSSR count). The second-order valence-corrected chi connectivity index (χ2v) is 9.40. The van der Waals surface area contributed by atoms with Gasteiger partial charge in [0.15, 0.2) is 5.16 Å². The molecule has 0 aliphatic carbocycles. The van der Waals surface area contributed by atoms with Crippen LogP contribution in [0, 0.1) is 11.7 Å². The van der Waals surface area contributed by atoms with Gasteiger partial charge in [0.2, 0.25) is 5.91 Å². The average Bonchev–Trinajstić information content (AvgIpc) is 2.73. The van der Waals surface area contributed by atoms with E-state index in [-0.39, 0.29) is 23.3 Å². The van der Waals surface area contributed by atoms with E-state index in [1.807, 2.05) is 25.1 Å². The topological polar surface area (TPSA) is 64.0 Å². The first-order chi connectivity index (χ1) is 14.8. The maximum atomic E-state index is 13.2. The fraction of sp³-hybridized carbons (Fsp3) is 0.375. The number of carbonyl (C=O) groups is 1. The number of amides is 1. The van der Waals surface area contributed by atoms with Crippen LogP contribution in [0.5, 0.6) is 0 Å². The van der Waals surface area contributed by atoms with Crippen molar-refractivity contribution < 1.29 is 9.18 Å². The van der Waals surface area contributed by atoms with Gasteiger partial charge in [-0.05, 0) is 56.0 Å². The van der Waals surface area contributed by atoms with Crippen LogP contribution in [0.25, 0.3) is 10.9 Å². The molecule has 0 saturated heterocycles. The van der Waals surface area contributed by atoms with Crippen LogP contribution in [0.3, 0.4) is 0 Å². The molecule has 164 valence electrons. The van der Waals surface area contributed by atoms with Crippen LogP contribution in [0.15, 0.2) is 58.5 Å². The molecular weight excluding hydrogens is 413 g/mol. The minimum Gasteiger partial charge on any atom is -0.349 e. The SMILES string of the molecule is CC(C)CCn1c(SC(C)C(=O)NC(C)c2ccc(F)cc2)nc2ccccc2c1=O. The highest BCUT2D eigenvalue weighted by Gasteiger charge is 2.21. The van der Waals surface area contributed by atoms with Gasteiger partial charge in [0.05, 0.1) is 22.2 Å². The Morgan fingerprint density at radius 2 is 1.77 bits per heavy atom. The number of halogens is 1. The number of rotatable bonds is 8. The zero-order valence-corrected chi connectivity index (χ0v) is 19.1. The predicted octanol–water partition coefficient (Wildman–Crippen LogP) is 4.94. The van der Waals surface area contributed by atoms with Crippen LogP contribution in [0.4, 0.5) is 4.39 Å². The van der Waals surface area contributed by atoms with Gasteiger partial charge in [0, 0.05) is 6.54 Å². The molecule has 2 atom stereocenters. The Bertz CT molecular complexity index is 1110. The van der Waals surface area contributed by atoms with Gasteiger partial charge in [-0.2, -0.15) is 0 Å². The van der Waals surface area contributed by atoms with E-state index in [0.717, 1.165) is 12.0 Å². The van der Waals surface area contributed by atoms with E-state index in [9.17, 15) is 14.0 Å². The van der Waals surface area contributed by atoms with Crippen LogP contribution >= 0.6 is 11.8 Å². The molecule has 7 heteroatoms. The summed E-state index contributed by atoms with van der Waals surface area (Å²) in [5.41, 5.74) is 1.37. The van der Waals surface area contributed by atoms with Crippen molar-refractivity contribution in [1.82, 2.24) is 14.9 Å². The molecule has 1 amide bonds. The van der Waals surface area contributed by atoms with Gasteiger partial charge in [0.25, 0.3) is 5.56 Å². The van der Waals surface area contributed by atoms with Gasteiger partial charge < -0.3 is 5.32 Å². The van der Waals surface area contributed by atoms with Crippen molar-refractivity contribution in [2.75, 3.05) is 0 Å². The van der Waals surface area contributed by atoms with Crippen LogP contribution in [-0.2, 0) is 11.3 Å². The first kappa shape index (κ1) is 23.0. The Morgan fingerprint density at radius 3 is 2.45 bits per heavy atom. The molecule has 1 heterocycles. The van der Waals surface area contributed by atoms with E-state index < -0.39 is 5.25 Å². The van der Waals surface area contributed by atoms with Gasteiger partial charge in [-0.1, -0.05) is 49.9 Å². The number of thioether (sulfide) groups is 1. The van der Waals surface area contributed by atoms with Crippen molar-refractivity contribution in [2.24, 2.45) is 5.92 Å². The summed E-state index contributed by atoms with van der Waals surface area (Å²) in [7, 11) is 0. The number of nitrogens with zero attached hydrogens (tertiary/aromatic N) is 2. The highest BCUT2D eigenvalue weighted by Crippen LogP contribution is 2.24. The standard InChI is InChI=1S/C24H28FN3O2S/c1-15(2)13-14-28-23(30)20-7-5-6-8-21(20)27-24(28)31-17(4)22(29)26-16(3)18-9-11-19(25)12-10-18/h5-12,15-17H,13-14H2,1-4H3,(H,26,29). The number of benzene rings is 2. The molecule has 2 aromatic carbocycles. The second-order valence-electron chi connectivity index (χ2n) is 8.09. The molecule has 0 aliphatic rings. The van der Waals surface area contributed by atoms with E-state index in [1.165, 1.54) is 23.9 Å². The van der Waals surface area contributed by atoms with Crippen molar-refractivity contribution in [3.05, 3.63) is 70.3 Å². The molecule has 3 aromatic rings. The summed E-state index contributed by atoms with van der Waals surface area (Å²) < 4.78 is 14.8. The molecule has 0 saturated carbocycles. The third kappa shape index (κ3) is 5.73. The average molecular weight is 442 g/mol. The minimum atomic E-state index is -0.457. The summed E-state index contributed by atoms with van der Waals surface area (Å²) in [5, 5.41) is 3.63. The Hall–Kier alpha value is -2.67. The highest BCUT2D eigenvalue weighted by atomic mass is 32.2. The van der Waals surface area contributed by atoms with E-state index in [1.54, 1.807) is 29.7 Å². The van der Waals surface area contributed by atoms with E-state index >= 15 is 0 Å². The summed E-state index contributed by atoms with van der Waals surface area (Å²) in [5.74, 6) is -0.0407. The van der Waals surface area contributed by atoms with Crippen LogP contribution in [-0.4, -0.2) is 20.7 Å². The molecule has 0 radical (unpaired) electrons. The largest absolute Gasteiger partial charge is 0.349 e. The molecule has 1 aromatic heterocycles. The van der Waals surface area contributed by atoms with Crippen LogP contribution in [0.1, 0.15) is 45.7 Å². The third-order valence-electron chi connectivity index (χ3n) is 5.14. The Balaban J connectivity index is 1.81. The predicted molar refractivity (Wildman–Crippen MR) is 124 cm³/mol. The van der Waals surface area contributed by atoms with Crippen molar-refractivity contribution in [1.29, 1.82) is 0 Å². The van der Waals surface area contributed by atoms with Gasteiger partial charge in [-0.25, -0.2) is 9.37 Å². The normalized spacial score (nSPS) is 13.4. The maximum absolute atomic E-state index is 13.2. The van der Waals surface area contributed by atoms with Crippen molar-refractivity contribution in [2.45, 2.75) is 57.1 Å². The molecule has 2 unspecified atom stereocenters. The summed E-state index contributed by atoms with van der Waals surface area (Å²) in [4.78, 5) is 30.6. The third-order valence-corrected chi connectivity index (χ3v) is 6.23. The monoisotopic (exact) mass is 441 g/mol. The summed E-state index contributed by atoms with van der Waals surface area (Å²) in [6, 6.07) is 13.1. The lowest BCUT2D eigenvalue weighted by molar-refractivity contribution is -0.120. The van der Waals surface area contributed by atoms with Crippen LogP contribution < -0.4 is 10.9 Å². The Kier molecular flexibility index (Phi) is 7.49. The lowest BCUT2D eigenvalue weighted by atomic mass is 10.1. The lowest BCUT2D eigenvalue weighted by Gasteiger charge is -2.19. The molecule has 0 bridgehead atoms.